The summed E-state index contributed by atoms with van der Waals surface area (Å²) >= 11 is 1.63. The maximum atomic E-state index is 10.8. The van der Waals surface area contributed by atoms with Crippen molar-refractivity contribution in [2.75, 3.05) is 19.8 Å². The van der Waals surface area contributed by atoms with Gasteiger partial charge in [0.2, 0.25) is 0 Å². The Morgan fingerprint density at radius 3 is 2.15 bits per heavy atom. The summed E-state index contributed by atoms with van der Waals surface area (Å²) in [5, 5.41) is 19.7. The van der Waals surface area contributed by atoms with Gasteiger partial charge >= 0.3 is 5.97 Å². The summed E-state index contributed by atoms with van der Waals surface area (Å²) in [5.41, 5.74) is 1.45. The number of hydrogen-bond acceptors (Lipinski definition) is 5. The van der Waals surface area contributed by atoms with E-state index in [-0.39, 0.29) is 28.8 Å². The molecule has 1 saturated heterocycles. The summed E-state index contributed by atoms with van der Waals surface area (Å²) in [7, 11) is 0. The molecule has 0 saturated carbocycles. The molecule has 1 aromatic rings. The third kappa shape index (κ3) is 5.15. The first-order chi connectivity index (χ1) is 11.9. The van der Waals surface area contributed by atoms with Gasteiger partial charge in [0, 0.05) is 16.0 Å². The van der Waals surface area contributed by atoms with Crippen molar-refractivity contribution in [1.29, 1.82) is 0 Å². The van der Waals surface area contributed by atoms with Crippen molar-refractivity contribution in [2.24, 2.45) is 0 Å². The molecule has 0 unspecified atom stereocenters. The van der Waals surface area contributed by atoms with E-state index in [1.807, 2.05) is 12.1 Å². The van der Waals surface area contributed by atoms with E-state index in [4.69, 9.17) is 14.6 Å². The van der Waals surface area contributed by atoms with Crippen LogP contribution < -0.4 is 0 Å². The van der Waals surface area contributed by atoms with Crippen LogP contribution in [0.15, 0.2) is 17.0 Å². The number of ether oxygens (including phenoxy) is 2. The molecule has 2 rings (SSSR count). The van der Waals surface area contributed by atoms with Gasteiger partial charge in [-0.15, -0.1) is 11.8 Å². The van der Waals surface area contributed by atoms with E-state index < -0.39 is 5.97 Å². The molecular formula is C20H30O5S. The monoisotopic (exact) mass is 382 g/mol. The number of thioether (sulfide) groups is 1. The summed E-state index contributed by atoms with van der Waals surface area (Å²) in [6.45, 7) is 13.1. The van der Waals surface area contributed by atoms with Crippen LogP contribution in [0.3, 0.4) is 0 Å². The first kappa shape index (κ1) is 21.1. The number of rotatable bonds is 5. The van der Waals surface area contributed by atoms with Gasteiger partial charge in [0.25, 0.3) is 0 Å². The van der Waals surface area contributed by atoms with E-state index in [9.17, 15) is 9.90 Å². The largest absolute Gasteiger partial charge is 0.507 e. The smallest absolute Gasteiger partial charge is 0.329 e. The number of carbonyl (C=O) groups is 1. The lowest BCUT2D eigenvalue weighted by Gasteiger charge is -2.28. The fraction of sp³-hybridized carbons (Fsp3) is 0.650. The molecular weight excluding hydrogens is 352 g/mol. The second-order valence-electron chi connectivity index (χ2n) is 8.80. The van der Waals surface area contributed by atoms with E-state index in [1.165, 1.54) is 0 Å². The number of benzene rings is 1. The van der Waals surface area contributed by atoms with Crippen molar-refractivity contribution in [2.45, 2.75) is 68.6 Å². The molecule has 5 nitrogen and oxygen atoms in total. The molecule has 1 fully saturated rings. The summed E-state index contributed by atoms with van der Waals surface area (Å²) in [6.07, 6.45) is -0.249. The number of phenols is 1. The topological polar surface area (TPSA) is 76.0 Å². The highest BCUT2D eigenvalue weighted by molar-refractivity contribution is 8.00. The summed E-state index contributed by atoms with van der Waals surface area (Å²) in [4.78, 5) is 11.8. The standard InChI is InChI=1S/C20H30O5S/c1-19(2,3)13-7-12(8-14(18(13)23)20(4,5)6)26-16-10-24-9-15(16)25-11-17(21)22/h7-8,15-16,23H,9-11H2,1-6H3,(H,21,22)/t15-,16-/m1/s1. The van der Waals surface area contributed by atoms with E-state index in [0.29, 0.717) is 19.0 Å². The fourth-order valence-electron chi connectivity index (χ4n) is 2.95. The Bertz CT molecular complexity index is 622. The number of aliphatic carboxylic acids is 1. The van der Waals surface area contributed by atoms with Gasteiger partial charge in [0.05, 0.1) is 24.6 Å². The van der Waals surface area contributed by atoms with Crippen molar-refractivity contribution < 1.29 is 24.5 Å². The van der Waals surface area contributed by atoms with Crippen LogP contribution >= 0.6 is 11.8 Å². The van der Waals surface area contributed by atoms with Gasteiger partial charge in [-0.2, -0.15) is 0 Å². The van der Waals surface area contributed by atoms with Gasteiger partial charge in [-0.05, 0) is 23.0 Å². The molecule has 2 N–H and O–H groups in total. The number of carboxylic acid groups (broad SMARTS) is 1. The predicted octanol–water partition coefficient (Wildman–Crippen LogP) is 3.95. The Balaban J connectivity index is 2.32. The van der Waals surface area contributed by atoms with Gasteiger partial charge in [-0.3, -0.25) is 0 Å². The molecule has 6 heteroatoms. The predicted molar refractivity (Wildman–Crippen MR) is 103 cm³/mol. The van der Waals surface area contributed by atoms with Gasteiger partial charge in [-0.1, -0.05) is 41.5 Å². The Kier molecular flexibility index (Phi) is 6.31. The number of aromatic hydroxyl groups is 1. The molecule has 0 spiro atoms. The molecule has 1 aliphatic heterocycles. The fourth-order valence-corrected chi connectivity index (χ4v) is 4.15. The average Bonchev–Trinajstić information content (AvgIpc) is 2.91. The molecule has 1 aromatic carbocycles. The second-order valence-corrected chi connectivity index (χ2v) is 10.1. The van der Waals surface area contributed by atoms with Crippen molar-refractivity contribution in [3.05, 3.63) is 23.3 Å². The molecule has 2 atom stereocenters. The van der Waals surface area contributed by atoms with Crippen LogP contribution in [-0.2, 0) is 25.1 Å². The van der Waals surface area contributed by atoms with Gasteiger partial charge in [0.1, 0.15) is 12.4 Å². The van der Waals surface area contributed by atoms with Crippen molar-refractivity contribution in [3.8, 4) is 5.75 Å². The lowest BCUT2D eigenvalue weighted by atomic mass is 9.79. The molecule has 26 heavy (non-hydrogen) atoms. The van der Waals surface area contributed by atoms with Gasteiger partial charge in [0.15, 0.2) is 0 Å². The first-order valence-electron chi connectivity index (χ1n) is 8.85. The zero-order valence-electron chi connectivity index (χ0n) is 16.5. The number of carboxylic acids is 1. The molecule has 0 aliphatic carbocycles. The van der Waals surface area contributed by atoms with E-state index >= 15 is 0 Å². The lowest BCUT2D eigenvalue weighted by Crippen LogP contribution is -2.27. The third-order valence-electron chi connectivity index (χ3n) is 4.39. The zero-order chi connectivity index (χ0) is 19.7. The van der Waals surface area contributed by atoms with Crippen LogP contribution in [0.2, 0.25) is 0 Å². The van der Waals surface area contributed by atoms with Crippen molar-refractivity contribution >= 4 is 17.7 Å². The minimum absolute atomic E-state index is 0.0273. The summed E-state index contributed by atoms with van der Waals surface area (Å²) in [5.74, 6) is -0.619. The Morgan fingerprint density at radius 2 is 1.69 bits per heavy atom. The minimum Gasteiger partial charge on any atom is -0.507 e. The molecule has 0 amide bonds. The van der Waals surface area contributed by atoms with Gasteiger partial charge in [-0.25, -0.2) is 4.79 Å². The highest BCUT2D eigenvalue weighted by Gasteiger charge is 2.32. The van der Waals surface area contributed by atoms with E-state index in [1.54, 1.807) is 11.8 Å². The highest BCUT2D eigenvalue weighted by atomic mass is 32.2. The molecule has 0 bridgehead atoms. The second kappa shape index (κ2) is 7.79. The maximum Gasteiger partial charge on any atom is 0.329 e. The average molecular weight is 383 g/mol. The molecule has 1 aliphatic rings. The Hall–Kier alpha value is -1.24. The van der Waals surface area contributed by atoms with Crippen LogP contribution in [0.1, 0.15) is 52.7 Å². The summed E-state index contributed by atoms with van der Waals surface area (Å²) in [6, 6.07) is 4.06. The van der Waals surface area contributed by atoms with Crippen LogP contribution in [-0.4, -0.2) is 47.4 Å². The van der Waals surface area contributed by atoms with E-state index in [2.05, 4.69) is 41.5 Å². The third-order valence-corrected chi connectivity index (χ3v) is 5.64. The maximum absolute atomic E-state index is 10.8. The molecule has 0 aromatic heterocycles. The quantitative estimate of drug-likeness (QED) is 0.803. The molecule has 1 heterocycles. The first-order valence-corrected chi connectivity index (χ1v) is 9.73. The van der Waals surface area contributed by atoms with Crippen LogP contribution in [0.5, 0.6) is 5.75 Å². The van der Waals surface area contributed by atoms with Crippen molar-refractivity contribution in [3.63, 3.8) is 0 Å². The Labute approximate surface area is 160 Å². The zero-order valence-corrected chi connectivity index (χ0v) is 17.3. The van der Waals surface area contributed by atoms with Crippen LogP contribution in [0.25, 0.3) is 0 Å². The van der Waals surface area contributed by atoms with Crippen LogP contribution in [0, 0.1) is 0 Å². The normalized spacial score (nSPS) is 21.2. The Morgan fingerprint density at radius 1 is 1.15 bits per heavy atom. The van der Waals surface area contributed by atoms with Crippen LogP contribution in [0.4, 0.5) is 0 Å². The van der Waals surface area contributed by atoms with E-state index in [0.717, 1.165) is 16.0 Å². The SMILES string of the molecule is CC(C)(C)c1cc(S[C@@H]2COC[C@H]2OCC(=O)O)cc(C(C)(C)C)c1O. The number of phenolic OH excluding ortho intramolecular Hbond substituents is 1. The van der Waals surface area contributed by atoms with Crippen molar-refractivity contribution in [1.82, 2.24) is 0 Å². The molecule has 146 valence electrons. The number of hydrogen-bond donors (Lipinski definition) is 2. The lowest BCUT2D eigenvalue weighted by molar-refractivity contribution is -0.144. The highest BCUT2D eigenvalue weighted by Crippen LogP contribution is 2.43. The van der Waals surface area contributed by atoms with Gasteiger partial charge < -0.3 is 19.7 Å². The molecule has 0 radical (unpaired) electrons. The summed E-state index contributed by atoms with van der Waals surface area (Å²) < 4.78 is 11.0. The minimum atomic E-state index is -0.977.